The highest BCUT2D eigenvalue weighted by atomic mass is 16.4. The van der Waals surface area contributed by atoms with Gasteiger partial charge in [-0.2, -0.15) is 0 Å². The van der Waals surface area contributed by atoms with Crippen molar-refractivity contribution in [3.05, 3.63) is 30.0 Å². The van der Waals surface area contributed by atoms with Crippen LogP contribution in [0.4, 0.5) is 0 Å². The molecule has 4 atom stereocenters. The molecule has 1 amide bonds. The number of benzene rings is 1. The topological polar surface area (TPSA) is 163 Å². The van der Waals surface area contributed by atoms with Gasteiger partial charge in [-0.15, -0.1) is 0 Å². The Balaban J connectivity index is 1.79. The van der Waals surface area contributed by atoms with Gasteiger partial charge >= 0.3 is 5.97 Å². The van der Waals surface area contributed by atoms with Gasteiger partial charge in [0.1, 0.15) is 11.8 Å². The highest BCUT2D eigenvalue weighted by Gasteiger charge is 2.46. The van der Waals surface area contributed by atoms with Crippen molar-refractivity contribution in [3.8, 4) is 5.75 Å². The number of rotatable bonds is 6. The molecule has 9 nitrogen and oxygen atoms in total. The highest BCUT2D eigenvalue weighted by molar-refractivity contribution is 5.95. The van der Waals surface area contributed by atoms with Gasteiger partial charge in [-0.1, -0.05) is 0 Å². The van der Waals surface area contributed by atoms with Crippen LogP contribution >= 0.6 is 0 Å². The van der Waals surface area contributed by atoms with Crippen LogP contribution in [-0.2, 0) is 20.8 Å². The summed E-state index contributed by atoms with van der Waals surface area (Å²) < 4.78 is 0. The first-order chi connectivity index (χ1) is 13.2. The predicted molar refractivity (Wildman–Crippen MR) is 102 cm³/mol. The normalized spacial score (nSPS) is 21.6. The lowest BCUT2D eigenvalue weighted by Gasteiger charge is -2.27. The van der Waals surface area contributed by atoms with Gasteiger partial charge in [0.25, 0.3) is 0 Å². The molecule has 1 aliphatic rings. The number of aliphatic carboxylic acids is 1. The van der Waals surface area contributed by atoms with E-state index in [1.807, 2.05) is 0 Å². The molecule has 7 N–H and O–H groups in total. The summed E-state index contributed by atoms with van der Waals surface area (Å²) in [6, 6.07) is 1.80. The number of Topliss-reactive ketones (excluding diaryl/α,β-unsaturated/α-hetero) is 1. The molecule has 1 fully saturated rings. The number of phenolic OH excluding ortho intramolecular Hbond substituents is 1. The average molecular weight is 388 g/mol. The fourth-order valence-electron chi connectivity index (χ4n) is 3.85. The van der Waals surface area contributed by atoms with Crippen molar-refractivity contribution >= 4 is 28.6 Å². The van der Waals surface area contributed by atoms with Crippen LogP contribution in [-0.4, -0.2) is 62.4 Å². The fourth-order valence-corrected chi connectivity index (χ4v) is 3.85. The van der Waals surface area contributed by atoms with Crippen LogP contribution in [0.25, 0.3) is 10.9 Å². The van der Waals surface area contributed by atoms with E-state index in [2.05, 4.69) is 4.98 Å². The molecule has 2 aromatic rings. The van der Waals surface area contributed by atoms with Gasteiger partial charge in [-0.05, 0) is 43.5 Å². The number of carboxylic acids is 1. The van der Waals surface area contributed by atoms with E-state index in [4.69, 9.17) is 11.5 Å². The third-order valence-corrected chi connectivity index (χ3v) is 5.26. The van der Waals surface area contributed by atoms with Crippen molar-refractivity contribution in [3.63, 3.8) is 0 Å². The fraction of sp³-hybridized carbons (Fsp3) is 0.421. The molecule has 3 rings (SSSR count). The van der Waals surface area contributed by atoms with Crippen LogP contribution in [0.2, 0.25) is 0 Å². The molecule has 0 spiro atoms. The van der Waals surface area contributed by atoms with Crippen molar-refractivity contribution in [2.75, 3.05) is 6.54 Å². The van der Waals surface area contributed by atoms with Crippen LogP contribution in [0, 0.1) is 5.92 Å². The van der Waals surface area contributed by atoms with Crippen LogP contribution in [0.15, 0.2) is 24.4 Å². The minimum atomic E-state index is -1.26. The van der Waals surface area contributed by atoms with Crippen molar-refractivity contribution in [2.45, 2.75) is 37.9 Å². The highest BCUT2D eigenvalue weighted by Crippen LogP contribution is 2.28. The second-order valence-electron chi connectivity index (χ2n) is 7.26. The Kier molecular flexibility index (Phi) is 5.39. The molecule has 1 aromatic carbocycles. The quantitative estimate of drug-likeness (QED) is 0.463. The number of H-pyrrole nitrogens is 1. The first kappa shape index (κ1) is 19.8. The summed E-state index contributed by atoms with van der Waals surface area (Å²) in [6.45, 7) is 1.64. The SMILES string of the molecule is C[C@H](N)C(=O)C1CCN(C(=O)[C@@H](N)Cc2c[nH]c3ccc(O)cc23)[C@@H]1C(=O)O. The number of nitrogens with two attached hydrogens (primary N) is 2. The van der Waals surface area contributed by atoms with Gasteiger partial charge in [-0.3, -0.25) is 9.59 Å². The number of phenols is 1. The summed E-state index contributed by atoms with van der Waals surface area (Å²) >= 11 is 0. The summed E-state index contributed by atoms with van der Waals surface area (Å²) in [7, 11) is 0. The minimum absolute atomic E-state index is 0.0935. The summed E-state index contributed by atoms with van der Waals surface area (Å²) in [5.74, 6) is -2.88. The van der Waals surface area contributed by atoms with Crippen LogP contribution in [0.5, 0.6) is 5.75 Å². The maximum atomic E-state index is 12.9. The number of carbonyl (C=O) groups is 3. The van der Waals surface area contributed by atoms with E-state index in [1.54, 1.807) is 24.4 Å². The number of likely N-dealkylation sites (tertiary alicyclic amines) is 1. The third-order valence-electron chi connectivity index (χ3n) is 5.26. The number of carbonyl (C=O) groups excluding carboxylic acids is 2. The summed E-state index contributed by atoms with van der Waals surface area (Å²) in [6.07, 6.45) is 2.12. The van der Waals surface area contributed by atoms with Crippen LogP contribution in [0.1, 0.15) is 18.9 Å². The van der Waals surface area contributed by atoms with E-state index in [0.717, 1.165) is 16.5 Å². The molecule has 9 heteroatoms. The largest absolute Gasteiger partial charge is 0.508 e. The molecule has 2 heterocycles. The maximum absolute atomic E-state index is 12.9. The molecule has 1 saturated heterocycles. The molecule has 0 aliphatic carbocycles. The molecule has 0 saturated carbocycles. The lowest BCUT2D eigenvalue weighted by molar-refractivity contribution is -0.151. The number of carboxylic acid groups (broad SMARTS) is 1. The van der Waals surface area contributed by atoms with Gasteiger partial charge in [0, 0.05) is 23.6 Å². The molecule has 0 radical (unpaired) electrons. The number of aromatic nitrogens is 1. The summed E-state index contributed by atoms with van der Waals surface area (Å²) in [5.41, 5.74) is 13.2. The number of nitrogens with zero attached hydrogens (tertiary/aromatic N) is 1. The number of aromatic hydroxyl groups is 1. The molecule has 1 unspecified atom stereocenters. The molecule has 150 valence electrons. The number of fused-ring (bicyclic) bond motifs is 1. The minimum Gasteiger partial charge on any atom is -0.508 e. The zero-order valence-electron chi connectivity index (χ0n) is 15.5. The standard InChI is InChI=1S/C19H24N4O5/c1-9(20)17(25)12-4-5-23(16(12)19(27)28)18(26)14(21)6-10-8-22-15-3-2-11(24)7-13(10)15/h2-3,7-9,12,14,16,22,24H,4-6,20-21H2,1H3,(H,27,28)/t9-,12?,14-,16-/m0/s1. The summed E-state index contributed by atoms with van der Waals surface area (Å²) in [5, 5.41) is 20.0. The Morgan fingerprint density at radius 2 is 2.04 bits per heavy atom. The van der Waals surface area contributed by atoms with Crippen LogP contribution < -0.4 is 11.5 Å². The maximum Gasteiger partial charge on any atom is 0.327 e. The lowest BCUT2D eigenvalue weighted by atomic mass is 9.91. The molecule has 0 bridgehead atoms. The van der Waals surface area contributed by atoms with Gasteiger partial charge < -0.3 is 31.6 Å². The van der Waals surface area contributed by atoms with Gasteiger partial charge in [-0.25, -0.2) is 4.79 Å². The van der Waals surface area contributed by atoms with E-state index >= 15 is 0 Å². The van der Waals surface area contributed by atoms with Crippen molar-refractivity contribution in [1.29, 1.82) is 0 Å². The molecule has 1 aromatic heterocycles. The van der Waals surface area contributed by atoms with E-state index in [-0.39, 0.29) is 30.9 Å². The second-order valence-corrected chi connectivity index (χ2v) is 7.26. The number of aromatic amines is 1. The van der Waals surface area contributed by atoms with Crippen LogP contribution in [0.3, 0.4) is 0 Å². The van der Waals surface area contributed by atoms with Gasteiger partial charge in [0.15, 0.2) is 5.78 Å². The number of amides is 1. The Bertz CT molecular complexity index is 922. The van der Waals surface area contributed by atoms with Crippen molar-refractivity contribution < 1.29 is 24.6 Å². The smallest absolute Gasteiger partial charge is 0.327 e. The van der Waals surface area contributed by atoms with E-state index < -0.39 is 35.9 Å². The Morgan fingerprint density at radius 1 is 1.32 bits per heavy atom. The van der Waals surface area contributed by atoms with Gasteiger partial charge in [0.2, 0.25) is 5.91 Å². The average Bonchev–Trinajstić information content (AvgIpc) is 3.24. The summed E-state index contributed by atoms with van der Waals surface area (Å²) in [4.78, 5) is 41.1. The van der Waals surface area contributed by atoms with E-state index in [9.17, 15) is 24.6 Å². The number of ketones is 1. The number of nitrogens with one attached hydrogen (secondary N) is 1. The zero-order valence-corrected chi connectivity index (χ0v) is 15.5. The first-order valence-electron chi connectivity index (χ1n) is 9.08. The van der Waals surface area contributed by atoms with E-state index in [1.165, 1.54) is 11.8 Å². The van der Waals surface area contributed by atoms with Gasteiger partial charge in [0.05, 0.1) is 18.0 Å². The molecular formula is C19H24N4O5. The predicted octanol–water partition coefficient (Wildman–Crippen LogP) is -0.0387. The Labute approximate surface area is 161 Å². The molecular weight excluding hydrogens is 364 g/mol. The van der Waals surface area contributed by atoms with Crippen molar-refractivity contribution in [1.82, 2.24) is 9.88 Å². The zero-order chi connectivity index (χ0) is 20.6. The molecule has 1 aliphatic heterocycles. The monoisotopic (exact) mass is 388 g/mol. The Morgan fingerprint density at radius 3 is 2.68 bits per heavy atom. The molecule has 28 heavy (non-hydrogen) atoms. The first-order valence-corrected chi connectivity index (χ1v) is 9.08. The number of hydrogen-bond acceptors (Lipinski definition) is 6. The number of hydrogen-bond donors (Lipinski definition) is 5. The lowest BCUT2D eigenvalue weighted by Crippen LogP contribution is -2.52. The Hall–Kier alpha value is -2.91. The third kappa shape index (κ3) is 3.58. The van der Waals surface area contributed by atoms with E-state index in [0.29, 0.717) is 0 Å². The second kappa shape index (κ2) is 7.61. The van der Waals surface area contributed by atoms with Crippen molar-refractivity contribution in [2.24, 2.45) is 17.4 Å².